The molecule has 0 fully saturated rings. The molecular formula is C23H38O4. The van der Waals surface area contributed by atoms with Gasteiger partial charge in [0.05, 0.1) is 7.11 Å². The molecule has 0 aromatic heterocycles. The molecule has 4 heteroatoms. The molecule has 3 N–H and O–H groups in total. The minimum absolute atomic E-state index is 0.0894. The summed E-state index contributed by atoms with van der Waals surface area (Å²) in [6.45, 7) is 10.4. The molecule has 0 aromatic rings. The molecule has 0 aliphatic heterocycles. The number of methoxy groups -OCH3 is 1. The Kier molecular flexibility index (Phi) is 9.89. The topological polar surface area (TPSA) is 69.9 Å². The van der Waals surface area contributed by atoms with Crippen LogP contribution in [0.3, 0.4) is 0 Å². The van der Waals surface area contributed by atoms with Gasteiger partial charge in [0.25, 0.3) is 0 Å². The Balaban J connectivity index is 2.57. The summed E-state index contributed by atoms with van der Waals surface area (Å²) in [7, 11) is 1.40. The highest BCUT2D eigenvalue weighted by atomic mass is 16.5. The van der Waals surface area contributed by atoms with Gasteiger partial charge in [-0.2, -0.15) is 0 Å². The van der Waals surface area contributed by atoms with Crippen LogP contribution in [0.15, 0.2) is 46.5 Å². The van der Waals surface area contributed by atoms with Gasteiger partial charge in [0.2, 0.25) is 0 Å². The van der Waals surface area contributed by atoms with E-state index in [2.05, 4.69) is 45.9 Å². The zero-order valence-corrected chi connectivity index (χ0v) is 17.8. The lowest BCUT2D eigenvalue weighted by Crippen LogP contribution is -2.42. The fraction of sp³-hybridized carbons (Fsp3) is 0.652. The monoisotopic (exact) mass is 378 g/mol. The van der Waals surface area contributed by atoms with Crippen molar-refractivity contribution in [1.82, 2.24) is 0 Å². The quantitative estimate of drug-likeness (QED) is 0.482. The van der Waals surface area contributed by atoms with Crippen LogP contribution in [0, 0.1) is 11.8 Å². The SMILES string of the molecule is COC1=C(O)C(O)C(C)C(C/C=C(\C)CC/C=C(\C)CCC=C(C)C)C1O. The fourth-order valence-corrected chi connectivity index (χ4v) is 3.51. The van der Waals surface area contributed by atoms with Crippen LogP contribution in [0.5, 0.6) is 0 Å². The summed E-state index contributed by atoms with van der Waals surface area (Å²) < 4.78 is 5.10. The largest absolute Gasteiger partial charge is 0.506 e. The Morgan fingerprint density at radius 2 is 1.48 bits per heavy atom. The maximum atomic E-state index is 10.5. The van der Waals surface area contributed by atoms with E-state index in [0.29, 0.717) is 6.42 Å². The Morgan fingerprint density at radius 3 is 2.04 bits per heavy atom. The summed E-state index contributed by atoms with van der Waals surface area (Å²) >= 11 is 0. The molecule has 0 spiro atoms. The summed E-state index contributed by atoms with van der Waals surface area (Å²) in [5.41, 5.74) is 4.06. The molecule has 4 atom stereocenters. The first kappa shape index (κ1) is 23.5. The second-order valence-corrected chi connectivity index (χ2v) is 8.06. The van der Waals surface area contributed by atoms with E-state index in [4.69, 9.17) is 4.74 Å². The third-order valence-corrected chi connectivity index (χ3v) is 5.46. The van der Waals surface area contributed by atoms with E-state index >= 15 is 0 Å². The van der Waals surface area contributed by atoms with Gasteiger partial charge in [0.1, 0.15) is 12.2 Å². The zero-order chi connectivity index (χ0) is 20.6. The first-order valence-corrected chi connectivity index (χ1v) is 9.96. The second-order valence-electron chi connectivity index (χ2n) is 8.06. The van der Waals surface area contributed by atoms with Crippen LogP contribution < -0.4 is 0 Å². The van der Waals surface area contributed by atoms with Crippen molar-refractivity contribution in [1.29, 1.82) is 0 Å². The molecule has 0 bridgehead atoms. The Hall–Kier alpha value is -1.52. The third kappa shape index (κ3) is 7.19. The molecule has 0 saturated carbocycles. The van der Waals surface area contributed by atoms with E-state index in [1.807, 2.05) is 6.92 Å². The van der Waals surface area contributed by atoms with E-state index in [1.54, 1.807) is 0 Å². The molecule has 0 heterocycles. The first-order valence-electron chi connectivity index (χ1n) is 9.96. The molecule has 1 rings (SSSR count). The molecule has 0 amide bonds. The Labute approximate surface area is 164 Å². The fourth-order valence-electron chi connectivity index (χ4n) is 3.51. The van der Waals surface area contributed by atoms with Gasteiger partial charge in [-0.1, -0.05) is 41.9 Å². The maximum absolute atomic E-state index is 10.5. The van der Waals surface area contributed by atoms with E-state index < -0.39 is 12.2 Å². The van der Waals surface area contributed by atoms with E-state index in [9.17, 15) is 15.3 Å². The van der Waals surface area contributed by atoms with Crippen molar-refractivity contribution in [3.8, 4) is 0 Å². The van der Waals surface area contributed by atoms with Crippen molar-refractivity contribution in [3.05, 3.63) is 46.5 Å². The van der Waals surface area contributed by atoms with Gasteiger partial charge in [-0.25, -0.2) is 0 Å². The molecule has 0 radical (unpaired) electrons. The van der Waals surface area contributed by atoms with Gasteiger partial charge in [0.15, 0.2) is 11.5 Å². The number of aliphatic hydroxyl groups excluding tert-OH is 3. The highest BCUT2D eigenvalue weighted by Crippen LogP contribution is 2.36. The summed E-state index contributed by atoms with van der Waals surface area (Å²) in [5.74, 6) is -0.572. The Bertz CT molecular complexity index is 593. The maximum Gasteiger partial charge on any atom is 0.164 e. The molecule has 0 aromatic carbocycles. The van der Waals surface area contributed by atoms with E-state index in [-0.39, 0.29) is 23.4 Å². The van der Waals surface area contributed by atoms with Crippen LogP contribution >= 0.6 is 0 Å². The van der Waals surface area contributed by atoms with E-state index in [0.717, 1.165) is 25.7 Å². The van der Waals surface area contributed by atoms with Crippen molar-refractivity contribution < 1.29 is 20.1 Å². The van der Waals surface area contributed by atoms with Gasteiger partial charge in [-0.05, 0) is 65.7 Å². The smallest absolute Gasteiger partial charge is 0.164 e. The number of ether oxygens (including phenoxy) is 1. The van der Waals surface area contributed by atoms with Gasteiger partial charge in [-0.15, -0.1) is 0 Å². The minimum Gasteiger partial charge on any atom is -0.506 e. The predicted molar refractivity (Wildman–Crippen MR) is 111 cm³/mol. The van der Waals surface area contributed by atoms with Crippen molar-refractivity contribution in [2.24, 2.45) is 11.8 Å². The lowest BCUT2D eigenvalue weighted by atomic mass is 9.76. The lowest BCUT2D eigenvalue weighted by Gasteiger charge is -2.36. The summed E-state index contributed by atoms with van der Waals surface area (Å²) in [6.07, 6.45) is 9.68. The molecule has 154 valence electrons. The van der Waals surface area contributed by atoms with Crippen LogP contribution in [0.2, 0.25) is 0 Å². The van der Waals surface area contributed by atoms with Gasteiger partial charge in [0, 0.05) is 5.92 Å². The van der Waals surface area contributed by atoms with Crippen LogP contribution in [0.1, 0.15) is 66.7 Å². The van der Waals surface area contributed by atoms with Crippen molar-refractivity contribution in [2.75, 3.05) is 7.11 Å². The first-order chi connectivity index (χ1) is 12.7. The number of hydrogen-bond donors (Lipinski definition) is 3. The van der Waals surface area contributed by atoms with Crippen molar-refractivity contribution in [3.63, 3.8) is 0 Å². The predicted octanol–water partition coefficient (Wildman–Crippen LogP) is 5.20. The number of aliphatic hydroxyl groups is 3. The summed E-state index contributed by atoms with van der Waals surface area (Å²) in [5, 5.41) is 30.6. The molecule has 4 nitrogen and oxygen atoms in total. The minimum atomic E-state index is -0.992. The standard InChI is InChI=1S/C23H38O4/c1-15(2)9-7-10-16(3)11-8-12-17(4)13-14-19-18(5)20(24)22(26)23(27-6)21(19)25/h9,11,13,18-21,24-26H,7-8,10,12,14H2,1-6H3/b16-11+,17-13+. The van der Waals surface area contributed by atoms with Crippen LogP contribution in [0.25, 0.3) is 0 Å². The van der Waals surface area contributed by atoms with Gasteiger partial charge >= 0.3 is 0 Å². The van der Waals surface area contributed by atoms with Crippen LogP contribution in [-0.4, -0.2) is 34.6 Å². The third-order valence-electron chi connectivity index (χ3n) is 5.46. The molecule has 1 aliphatic rings. The van der Waals surface area contributed by atoms with Crippen molar-refractivity contribution in [2.45, 2.75) is 78.9 Å². The highest BCUT2D eigenvalue weighted by Gasteiger charge is 2.41. The molecule has 1 aliphatic carbocycles. The second kappa shape index (κ2) is 11.4. The number of rotatable bonds is 9. The average Bonchev–Trinajstić information content (AvgIpc) is 2.60. The highest BCUT2D eigenvalue weighted by molar-refractivity contribution is 5.19. The summed E-state index contributed by atoms with van der Waals surface area (Å²) in [4.78, 5) is 0. The average molecular weight is 379 g/mol. The molecule has 4 unspecified atom stereocenters. The van der Waals surface area contributed by atoms with Gasteiger partial charge in [-0.3, -0.25) is 0 Å². The molecule has 27 heavy (non-hydrogen) atoms. The number of allylic oxidation sites excluding steroid dienone is 6. The Morgan fingerprint density at radius 1 is 0.926 bits per heavy atom. The lowest BCUT2D eigenvalue weighted by molar-refractivity contribution is -0.0293. The van der Waals surface area contributed by atoms with Crippen LogP contribution in [-0.2, 0) is 4.74 Å². The molecular weight excluding hydrogens is 340 g/mol. The van der Waals surface area contributed by atoms with Crippen molar-refractivity contribution >= 4 is 0 Å². The van der Waals surface area contributed by atoms with Gasteiger partial charge < -0.3 is 20.1 Å². The van der Waals surface area contributed by atoms with Crippen LogP contribution in [0.4, 0.5) is 0 Å². The van der Waals surface area contributed by atoms with E-state index in [1.165, 1.54) is 23.8 Å². The number of hydrogen-bond acceptors (Lipinski definition) is 4. The zero-order valence-electron chi connectivity index (χ0n) is 17.8. The normalized spacial score (nSPS) is 27.0. The summed E-state index contributed by atoms with van der Waals surface area (Å²) in [6, 6.07) is 0. The molecule has 0 saturated heterocycles.